The van der Waals surface area contributed by atoms with E-state index in [1.807, 2.05) is 0 Å². The van der Waals surface area contributed by atoms with Crippen LogP contribution in [0.3, 0.4) is 0 Å². The van der Waals surface area contributed by atoms with E-state index in [0.29, 0.717) is 0 Å². The van der Waals surface area contributed by atoms with E-state index in [1.165, 1.54) is 43.4 Å². The maximum atomic E-state index is 4.77. The summed E-state index contributed by atoms with van der Waals surface area (Å²) >= 11 is 0. The molecule has 0 N–H and O–H groups in total. The number of hydrogen-bond acceptors (Lipinski definition) is 1. The number of unbranched alkanes of at least 4 members (excludes halogenated alkanes) is 3. The van der Waals surface area contributed by atoms with Crippen LogP contribution in [0.4, 0.5) is 0 Å². The summed E-state index contributed by atoms with van der Waals surface area (Å²) in [4.78, 5) is 4.77. The zero-order chi connectivity index (χ0) is 12.3. The molecule has 1 nitrogen and oxygen atoms in total. The first-order valence-electron chi connectivity index (χ1n) is 6.97. The average Bonchev–Trinajstić information content (AvgIpc) is 2.38. The van der Waals surface area contributed by atoms with Crippen LogP contribution in [0.1, 0.15) is 57.9 Å². The van der Waals surface area contributed by atoms with Crippen LogP contribution in [0.15, 0.2) is 35.3 Å². The standard InChI is InChI=1S/C16H25N/c1-3-5-6-10-14-17-16(11-4-2)15-12-8-7-9-13-15/h7-9,12-13H,3-6,10-11,14H2,1-2H3. The molecule has 0 bridgehead atoms. The van der Waals surface area contributed by atoms with E-state index in [4.69, 9.17) is 4.99 Å². The highest BCUT2D eigenvalue weighted by Crippen LogP contribution is 2.08. The van der Waals surface area contributed by atoms with Gasteiger partial charge in [0.05, 0.1) is 0 Å². The molecule has 1 heteroatoms. The van der Waals surface area contributed by atoms with Gasteiger partial charge in [-0.1, -0.05) is 69.9 Å². The molecule has 0 fully saturated rings. The van der Waals surface area contributed by atoms with Gasteiger partial charge in [0.15, 0.2) is 0 Å². The number of benzene rings is 1. The Bertz CT molecular complexity index is 314. The Labute approximate surface area is 106 Å². The zero-order valence-corrected chi connectivity index (χ0v) is 11.3. The molecule has 0 unspecified atom stereocenters. The highest BCUT2D eigenvalue weighted by Gasteiger charge is 2.00. The Morgan fingerprint density at radius 2 is 1.71 bits per heavy atom. The van der Waals surface area contributed by atoms with Crippen LogP contribution in [0.25, 0.3) is 0 Å². The minimum atomic E-state index is 0.990. The van der Waals surface area contributed by atoms with Crippen LogP contribution in [0.2, 0.25) is 0 Å². The molecule has 0 aliphatic heterocycles. The van der Waals surface area contributed by atoms with E-state index in [0.717, 1.165) is 13.0 Å². The van der Waals surface area contributed by atoms with Crippen molar-refractivity contribution < 1.29 is 0 Å². The van der Waals surface area contributed by atoms with Crippen LogP contribution >= 0.6 is 0 Å². The Balaban J connectivity index is 2.50. The van der Waals surface area contributed by atoms with E-state index in [1.54, 1.807) is 0 Å². The van der Waals surface area contributed by atoms with Gasteiger partial charge in [-0.05, 0) is 18.4 Å². The summed E-state index contributed by atoms with van der Waals surface area (Å²) in [5.41, 5.74) is 2.58. The fourth-order valence-electron chi connectivity index (χ4n) is 1.93. The molecule has 0 spiro atoms. The molecule has 0 amide bonds. The van der Waals surface area contributed by atoms with Crippen LogP contribution in [-0.2, 0) is 0 Å². The van der Waals surface area contributed by atoms with Crippen LogP contribution in [0, 0.1) is 0 Å². The molecule has 0 aromatic heterocycles. The van der Waals surface area contributed by atoms with E-state index >= 15 is 0 Å². The Morgan fingerprint density at radius 1 is 0.941 bits per heavy atom. The molecule has 17 heavy (non-hydrogen) atoms. The monoisotopic (exact) mass is 231 g/mol. The second-order valence-electron chi connectivity index (χ2n) is 4.51. The van der Waals surface area contributed by atoms with Crippen molar-refractivity contribution >= 4 is 5.71 Å². The van der Waals surface area contributed by atoms with Crippen molar-refractivity contribution in [3.63, 3.8) is 0 Å². The summed E-state index contributed by atoms with van der Waals surface area (Å²) in [6.45, 7) is 5.45. The molecule has 1 aromatic rings. The third-order valence-electron chi connectivity index (χ3n) is 2.91. The van der Waals surface area contributed by atoms with Gasteiger partial charge in [-0.25, -0.2) is 0 Å². The molecular weight excluding hydrogens is 206 g/mol. The van der Waals surface area contributed by atoms with Crippen molar-refractivity contribution in [3.05, 3.63) is 35.9 Å². The molecule has 1 aromatic carbocycles. The van der Waals surface area contributed by atoms with Gasteiger partial charge in [0.1, 0.15) is 0 Å². The highest BCUT2D eigenvalue weighted by atomic mass is 14.7. The lowest BCUT2D eigenvalue weighted by Crippen LogP contribution is -2.01. The summed E-state index contributed by atoms with van der Waals surface area (Å²) in [7, 11) is 0. The minimum Gasteiger partial charge on any atom is -0.289 e. The van der Waals surface area contributed by atoms with Crippen molar-refractivity contribution in [2.24, 2.45) is 4.99 Å². The zero-order valence-electron chi connectivity index (χ0n) is 11.3. The Hall–Kier alpha value is -1.11. The van der Waals surface area contributed by atoms with Gasteiger partial charge >= 0.3 is 0 Å². The molecule has 0 atom stereocenters. The fraction of sp³-hybridized carbons (Fsp3) is 0.562. The topological polar surface area (TPSA) is 12.4 Å². The van der Waals surface area contributed by atoms with Crippen molar-refractivity contribution in [1.82, 2.24) is 0 Å². The van der Waals surface area contributed by atoms with E-state index < -0.39 is 0 Å². The molecule has 94 valence electrons. The first-order valence-corrected chi connectivity index (χ1v) is 6.97. The largest absolute Gasteiger partial charge is 0.289 e. The predicted octanol–water partition coefficient (Wildman–Crippen LogP) is 4.86. The SMILES string of the molecule is CCCCCCN=C(CCC)c1ccccc1. The summed E-state index contributed by atoms with van der Waals surface area (Å²) in [5.74, 6) is 0. The van der Waals surface area contributed by atoms with Crippen molar-refractivity contribution in [2.75, 3.05) is 6.54 Å². The average molecular weight is 231 g/mol. The van der Waals surface area contributed by atoms with Crippen LogP contribution in [0.5, 0.6) is 0 Å². The third-order valence-corrected chi connectivity index (χ3v) is 2.91. The van der Waals surface area contributed by atoms with Gasteiger partial charge in [-0.15, -0.1) is 0 Å². The lowest BCUT2D eigenvalue weighted by Gasteiger charge is -2.05. The number of nitrogens with zero attached hydrogens (tertiary/aromatic N) is 1. The predicted molar refractivity (Wildman–Crippen MR) is 76.9 cm³/mol. The minimum absolute atomic E-state index is 0.990. The van der Waals surface area contributed by atoms with E-state index in [-0.39, 0.29) is 0 Å². The molecule has 1 rings (SSSR count). The summed E-state index contributed by atoms with van der Waals surface area (Å²) in [6.07, 6.45) is 7.44. The van der Waals surface area contributed by atoms with Crippen LogP contribution in [-0.4, -0.2) is 12.3 Å². The molecule has 0 radical (unpaired) electrons. The Morgan fingerprint density at radius 3 is 2.35 bits per heavy atom. The molecular formula is C16H25N. The van der Waals surface area contributed by atoms with Crippen molar-refractivity contribution in [1.29, 1.82) is 0 Å². The second kappa shape index (κ2) is 8.98. The first kappa shape index (κ1) is 14.0. The van der Waals surface area contributed by atoms with Gasteiger partial charge in [-0.3, -0.25) is 4.99 Å². The summed E-state index contributed by atoms with van der Waals surface area (Å²) in [5, 5.41) is 0. The fourth-order valence-corrected chi connectivity index (χ4v) is 1.93. The van der Waals surface area contributed by atoms with Gasteiger partial charge in [0, 0.05) is 12.3 Å². The second-order valence-corrected chi connectivity index (χ2v) is 4.51. The summed E-state index contributed by atoms with van der Waals surface area (Å²) in [6, 6.07) is 10.6. The number of hydrogen-bond donors (Lipinski definition) is 0. The highest BCUT2D eigenvalue weighted by molar-refractivity contribution is 6.00. The lowest BCUT2D eigenvalue weighted by atomic mass is 10.1. The molecule has 0 aliphatic rings. The first-order chi connectivity index (χ1) is 8.38. The number of aliphatic imine (C=N–C) groups is 1. The normalized spacial score (nSPS) is 11.8. The third kappa shape index (κ3) is 5.67. The smallest absolute Gasteiger partial charge is 0.0420 e. The molecule has 0 heterocycles. The van der Waals surface area contributed by atoms with Gasteiger partial charge in [0.25, 0.3) is 0 Å². The van der Waals surface area contributed by atoms with Gasteiger partial charge in [0.2, 0.25) is 0 Å². The molecule has 0 saturated carbocycles. The maximum Gasteiger partial charge on any atom is 0.0420 e. The van der Waals surface area contributed by atoms with Crippen molar-refractivity contribution in [2.45, 2.75) is 52.4 Å². The van der Waals surface area contributed by atoms with Gasteiger partial charge < -0.3 is 0 Å². The summed E-state index contributed by atoms with van der Waals surface area (Å²) < 4.78 is 0. The molecule has 0 saturated heterocycles. The van der Waals surface area contributed by atoms with Crippen molar-refractivity contribution in [3.8, 4) is 0 Å². The van der Waals surface area contributed by atoms with E-state index in [9.17, 15) is 0 Å². The Kier molecular flexibility index (Phi) is 7.37. The molecule has 0 aliphatic carbocycles. The lowest BCUT2D eigenvalue weighted by molar-refractivity contribution is 0.674. The van der Waals surface area contributed by atoms with E-state index in [2.05, 4.69) is 44.2 Å². The number of rotatable bonds is 8. The quantitative estimate of drug-likeness (QED) is 0.447. The van der Waals surface area contributed by atoms with Crippen LogP contribution < -0.4 is 0 Å². The van der Waals surface area contributed by atoms with Gasteiger partial charge in [-0.2, -0.15) is 0 Å². The maximum absolute atomic E-state index is 4.77.